The minimum absolute atomic E-state index is 0.0160. The lowest BCUT2D eigenvalue weighted by Crippen LogP contribution is -2.50. The minimum atomic E-state index is -0.0919. The predicted octanol–water partition coefficient (Wildman–Crippen LogP) is 0.951. The number of likely N-dealkylation sites (N-methyl/N-ethyl adjacent to an activating group) is 1. The van der Waals surface area contributed by atoms with E-state index >= 15 is 0 Å². The molecule has 1 fully saturated rings. The molecule has 1 aliphatic rings. The van der Waals surface area contributed by atoms with E-state index in [0.717, 1.165) is 11.3 Å². The molecular formula is C14H19N3O2. The highest BCUT2D eigenvalue weighted by atomic mass is 16.2. The number of anilines is 1. The highest BCUT2D eigenvalue weighted by Gasteiger charge is 2.26. The highest BCUT2D eigenvalue weighted by molar-refractivity contribution is 6.01. The molecule has 0 aromatic heterocycles. The lowest BCUT2D eigenvalue weighted by atomic mass is 10.1. The summed E-state index contributed by atoms with van der Waals surface area (Å²) in [5.41, 5.74) is 2.51. The Morgan fingerprint density at radius 1 is 1.32 bits per heavy atom. The van der Waals surface area contributed by atoms with Gasteiger partial charge in [-0.2, -0.15) is 0 Å². The van der Waals surface area contributed by atoms with Gasteiger partial charge in [-0.15, -0.1) is 0 Å². The van der Waals surface area contributed by atoms with Crippen LogP contribution in [0.5, 0.6) is 0 Å². The summed E-state index contributed by atoms with van der Waals surface area (Å²) in [7, 11) is 3.55. The van der Waals surface area contributed by atoms with E-state index in [4.69, 9.17) is 0 Å². The van der Waals surface area contributed by atoms with Crippen LogP contribution in [-0.4, -0.2) is 55.3 Å². The summed E-state index contributed by atoms with van der Waals surface area (Å²) < 4.78 is 0. The van der Waals surface area contributed by atoms with Crippen LogP contribution in [0.15, 0.2) is 18.2 Å². The molecule has 0 saturated carbocycles. The molecule has 2 amide bonds. The van der Waals surface area contributed by atoms with Gasteiger partial charge in [-0.1, -0.05) is 6.07 Å². The maximum absolute atomic E-state index is 12.5. The van der Waals surface area contributed by atoms with Crippen molar-refractivity contribution in [3.05, 3.63) is 29.3 Å². The van der Waals surface area contributed by atoms with Gasteiger partial charge in [-0.05, 0) is 24.6 Å². The third-order valence-corrected chi connectivity index (χ3v) is 3.42. The van der Waals surface area contributed by atoms with Crippen LogP contribution in [0.25, 0.3) is 0 Å². The first-order valence-electron chi connectivity index (χ1n) is 6.34. The Morgan fingerprint density at radius 3 is 2.68 bits per heavy atom. The zero-order valence-corrected chi connectivity index (χ0v) is 11.6. The molecule has 0 atom stereocenters. The van der Waals surface area contributed by atoms with Gasteiger partial charge in [0.1, 0.15) is 6.54 Å². The number of hydrogen-bond donors (Lipinski definition) is 1. The Kier molecular flexibility index (Phi) is 3.74. The molecule has 0 bridgehead atoms. The average molecular weight is 261 g/mol. The summed E-state index contributed by atoms with van der Waals surface area (Å²) in [6.45, 7) is 3.31. The normalized spacial score (nSPS) is 15.6. The van der Waals surface area contributed by atoms with E-state index in [-0.39, 0.29) is 18.4 Å². The second-order valence-electron chi connectivity index (χ2n) is 4.84. The third kappa shape index (κ3) is 2.70. The number of nitrogens with one attached hydrogen (secondary N) is 1. The summed E-state index contributed by atoms with van der Waals surface area (Å²) in [4.78, 5) is 27.4. The van der Waals surface area contributed by atoms with Crippen molar-refractivity contribution in [2.24, 2.45) is 0 Å². The number of benzene rings is 1. The molecule has 0 spiro atoms. The van der Waals surface area contributed by atoms with Crippen LogP contribution in [-0.2, 0) is 4.79 Å². The highest BCUT2D eigenvalue weighted by Crippen LogP contribution is 2.19. The van der Waals surface area contributed by atoms with Gasteiger partial charge in [0.25, 0.3) is 5.91 Å². The summed E-state index contributed by atoms with van der Waals surface area (Å²) in [6.07, 6.45) is 0. The maximum atomic E-state index is 12.5. The molecule has 5 heteroatoms. The van der Waals surface area contributed by atoms with Gasteiger partial charge in [0, 0.05) is 32.9 Å². The van der Waals surface area contributed by atoms with Crippen molar-refractivity contribution in [1.82, 2.24) is 9.80 Å². The van der Waals surface area contributed by atoms with Crippen LogP contribution < -0.4 is 5.32 Å². The first kappa shape index (κ1) is 13.4. The molecule has 1 N–H and O–H groups in total. The molecule has 1 saturated heterocycles. The van der Waals surface area contributed by atoms with Gasteiger partial charge < -0.3 is 15.1 Å². The molecule has 102 valence electrons. The molecule has 1 heterocycles. The lowest BCUT2D eigenvalue weighted by molar-refractivity contribution is -0.133. The van der Waals surface area contributed by atoms with Gasteiger partial charge in [0.2, 0.25) is 5.91 Å². The molecule has 2 rings (SSSR count). The smallest absolute Gasteiger partial charge is 0.256 e. The van der Waals surface area contributed by atoms with Crippen LogP contribution in [0.4, 0.5) is 5.69 Å². The van der Waals surface area contributed by atoms with Crippen LogP contribution in [0.2, 0.25) is 0 Å². The third-order valence-electron chi connectivity index (χ3n) is 3.42. The van der Waals surface area contributed by atoms with Crippen LogP contribution in [0.1, 0.15) is 15.9 Å². The summed E-state index contributed by atoms with van der Waals surface area (Å²) in [5, 5.41) is 3.03. The van der Waals surface area contributed by atoms with Gasteiger partial charge in [-0.3, -0.25) is 9.59 Å². The molecule has 5 nitrogen and oxygen atoms in total. The van der Waals surface area contributed by atoms with Crippen molar-refractivity contribution in [3.63, 3.8) is 0 Å². The van der Waals surface area contributed by atoms with Gasteiger partial charge in [0.05, 0.1) is 5.56 Å². The number of aryl methyl sites for hydroxylation is 1. The van der Waals surface area contributed by atoms with Crippen molar-refractivity contribution in [2.75, 3.05) is 39.0 Å². The molecule has 1 aromatic carbocycles. The maximum Gasteiger partial charge on any atom is 0.256 e. The van der Waals surface area contributed by atoms with Gasteiger partial charge in [-0.25, -0.2) is 0 Å². The van der Waals surface area contributed by atoms with Crippen molar-refractivity contribution in [2.45, 2.75) is 6.92 Å². The Balaban J connectivity index is 2.22. The standard InChI is InChI=1S/C14H19N3O2/c1-10-4-5-11(12(8-10)15-2)14(19)17-7-6-16(3)13(18)9-17/h4-5,8,15H,6-7,9H2,1-3H3. The fraction of sp³-hybridized carbons (Fsp3) is 0.429. The quantitative estimate of drug-likeness (QED) is 0.862. The number of piperazine rings is 1. The van der Waals surface area contributed by atoms with E-state index < -0.39 is 0 Å². The van der Waals surface area contributed by atoms with Crippen LogP contribution in [0, 0.1) is 6.92 Å². The number of hydrogen-bond acceptors (Lipinski definition) is 3. The van der Waals surface area contributed by atoms with E-state index in [1.807, 2.05) is 25.1 Å². The number of nitrogens with zero attached hydrogens (tertiary/aromatic N) is 2. The summed E-state index contributed by atoms with van der Waals surface area (Å²) in [5.74, 6) is -0.108. The number of carbonyl (C=O) groups is 2. The molecule has 1 aromatic rings. The minimum Gasteiger partial charge on any atom is -0.387 e. The zero-order valence-electron chi connectivity index (χ0n) is 11.6. The largest absolute Gasteiger partial charge is 0.387 e. The first-order chi connectivity index (χ1) is 9.02. The van der Waals surface area contributed by atoms with Crippen molar-refractivity contribution < 1.29 is 9.59 Å². The molecule has 0 unspecified atom stereocenters. The van der Waals surface area contributed by atoms with Gasteiger partial charge >= 0.3 is 0 Å². The van der Waals surface area contributed by atoms with Crippen molar-refractivity contribution in [1.29, 1.82) is 0 Å². The number of carbonyl (C=O) groups excluding carboxylic acids is 2. The average Bonchev–Trinajstić information content (AvgIpc) is 2.41. The predicted molar refractivity (Wildman–Crippen MR) is 74.3 cm³/mol. The van der Waals surface area contributed by atoms with E-state index in [2.05, 4.69) is 5.32 Å². The first-order valence-corrected chi connectivity index (χ1v) is 6.34. The Labute approximate surface area is 113 Å². The molecule has 19 heavy (non-hydrogen) atoms. The number of amides is 2. The Bertz CT molecular complexity index is 513. The second-order valence-corrected chi connectivity index (χ2v) is 4.84. The van der Waals surface area contributed by atoms with E-state index in [0.29, 0.717) is 18.7 Å². The molecule has 1 aliphatic heterocycles. The fourth-order valence-corrected chi connectivity index (χ4v) is 2.15. The van der Waals surface area contributed by atoms with Crippen LogP contribution >= 0.6 is 0 Å². The second kappa shape index (κ2) is 5.30. The SMILES string of the molecule is CNc1cc(C)ccc1C(=O)N1CCN(C)C(=O)C1. The van der Waals surface area contributed by atoms with Gasteiger partial charge in [0.15, 0.2) is 0 Å². The molecular weight excluding hydrogens is 242 g/mol. The Morgan fingerprint density at radius 2 is 2.05 bits per heavy atom. The van der Waals surface area contributed by atoms with E-state index in [1.54, 1.807) is 23.9 Å². The topological polar surface area (TPSA) is 52.7 Å². The van der Waals surface area contributed by atoms with Crippen LogP contribution in [0.3, 0.4) is 0 Å². The number of rotatable bonds is 2. The summed E-state index contributed by atoms with van der Waals surface area (Å²) in [6, 6.07) is 5.66. The zero-order chi connectivity index (χ0) is 14.0. The van der Waals surface area contributed by atoms with E-state index in [9.17, 15) is 9.59 Å². The monoisotopic (exact) mass is 261 g/mol. The fourth-order valence-electron chi connectivity index (χ4n) is 2.15. The van der Waals surface area contributed by atoms with Crippen molar-refractivity contribution in [3.8, 4) is 0 Å². The molecule has 0 radical (unpaired) electrons. The van der Waals surface area contributed by atoms with Crippen molar-refractivity contribution >= 4 is 17.5 Å². The Hall–Kier alpha value is -2.04. The molecule has 0 aliphatic carbocycles. The lowest BCUT2D eigenvalue weighted by Gasteiger charge is -2.32. The summed E-state index contributed by atoms with van der Waals surface area (Å²) >= 11 is 0. The van der Waals surface area contributed by atoms with E-state index in [1.165, 1.54) is 0 Å².